The Balaban J connectivity index is 2.49. The number of hydrogen-bond acceptors (Lipinski definition) is 2. The van der Waals surface area contributed by atoms with Crippen molar-refractivity contribution in [2.45, 2.75) is 20.3 Å². The molecule has 0 radical (unpaired) electrons. The molecule has 1 amide bonds. The molecule has 3 heteroatoms. The Hall–Kier alpha value is -1.35. The first-order chi connectivity index (χ1) is 8.00. The van der Waals surface area contributed by atoms with Gasteiger partial charge in [0.05, 0.1) is 0 Å². The summed E-state index contributed by atoms with van der Waals surface area (Å²) in [5.74, 6) is 0.0324. The van der Waals surface area contributed by atoms with Crippen molar-refractivity contribution in [1.29, 1.82) is 0 Å². The molecule has 1 rings (SSSR count). The summed E-state index contributed by atoms with van der Waals surface area (Å²) in [4.78, 5) is 14.1. The standard InChI is InChI=1S/C14H22N2O/c1-11-6-7-12(2)13(10-11)14(17)15-8-5-9-16(3)4/h6-7,10H,5,8-9H2,1-4H3,(H,15,17). The third-order valence-corrected chi connectivity index (χ3v) is 2.71. The highest BCUT2D eigenvalue weighted by Gasteiger charge is 2.08. The van der Waals surface area contributed by atoms with Gasteiger partial charge in [0.2, 0.25) is 0 Å². The molecule has 0 fully saturated rings. The zero-order valence-electron chi connectivity index (χ0n) is 11.2. The first-order valence-electron chi connectivity index (χ1n) is 6.01. The molecule has 0 saturated heterocycles. The van der Waals surface area contributed by atoms with Crippen molar-refractivity contribution in [1.82, 2.24) is 10.2 Å². The minimum absolute atomic E-state index is 0.0324. The molecule has 0 heterocycles. The number of hydrogen-bond donors (Lipinski definition) is 1. The van der Waals surface area contributed by atoms with Crippen molar-refractivity contribution in [3.8, 4) is 0 Å². The predicted octanol–water partition coefficient (Wildman–Crippen LogP) is 1.98. The van der Waals surface area contributed by atoms with Gasteiger partial charge >= 0.3 is 0 Å². The van der Waals surface area contributed by atoms with Crippen molar-refractivity contribution in [3.05, 3.63) is 34.9 Å². The van der Waals surface area contributed by atoms with Gasteiger partial charge in [-0.3, -0.25) is 4.79 Å². The van der Waals surface area contributed by atoms with E-state index in [0.717, 1.165) is 36.2 Å². The highest BCUT2D eigenvalue weighted by molar-refractivity contribution is 5.95. The van der Waals surface area contributed by atoms with Crippen molar-refractivity contribution >= 4 is 5.91 Å². The summed E-state index contributed by atoms with van der Waals surface area (Å²) in [7, 11) is 4.07. The molecule has 1 N–H and O–H groups in total. The zero-order chi connectivity index (χ0) is 12.8. The molecular formula is C14H22N2O. The molecule has 0 saturated carbocycles. The highest BCUT2D eigenvalue weighted by Crippen LogP contribution is 2.10. The molecular weight excluding hydrogens is 212 g/mol. The molecule has 0 bridgehead atoms. The topological polar surface area (TPSA) is 32.3 Å². The molecule has 0 aliphatic rings. The molecule has 3 nitrogen and oxygen atoms in total. The van der Waals surface area contributed by atoms with Crippen LogP contribution in [-0.4, -0.2) is 38.0 Å². The SMILES string of the molecule is Cc1ccc(C)c(C(=O)NCCCN(C)C)c1. The van der Waals surface area contributed by atoms with Gasteiger partial charge in [-0.25, -0.2) is 0 Å². The lowest BCUT2D eigenvalue weighted by molar-refractivity contribution is 0.0951. The highest BCUT2D eigenvalue weighted by atomic mass is 16.1. The molecule has 1 aromatic carbocycles. The summed E-state index contributed by atoms with van der Waals surface area (Å²) in [5, 5.41) is 2.96. The van der Waals surface area contributed by atoms with Crippen LogP contribution in [0.15, 0.2) is 18.2 Å². The van der Waals surface area contributed by atoms with Crippen LogP contribution >= 0.6 is 0 Å². The molecule has 1 aromatic rings. The summed E-state index contributed by atoms with van der Waals surface area (Å²) >= 11 is 0. The number of nitrogens with zero attached hydrogens (tertiary/aromatic N) is 1. The van der Waals surface area contributed by atoms with Crippen molar-refractivity contribution < 1.29 is 4.79 Å². The number of amides is 1. The average molecular weight is 234 g/mol. The van der Waals surface area contributed by atoms with Crippen LogP contribution in [0.25, 0.3) is 0 Å². The van der Waals surface area contributed by atoms with Crippen LogP contribution in [-0.2, 0) is 0 Å². The van der Waals surface area contributed by atoms with Crippen LogP contribution in [0.2, 0.25) is 0 Å². The Morgan fingerprint density at radius 2 is 2.00 bits per heavy atom. The molecule has 0 unspecified atom stereocenters. The van der Waals surface area contributed by atoms with Gasteiger partial charge in [0.25, 0.3) is 5.91 Å². The predicted molar refractivity (Wildman–Crippen MR) is 71.4 cm³/mol. The summed E-state index contributed by atoms with van der Waals surface area (Å²) < 4.78 is 0. The lowest BCUT2D eigenvalue weighted by atomic mass is 10.1. The van der Waals surface area contributed by atoms with E-state index in [0.29, 0.717) is 0 Å². The van der Waals surface area contributed by atoms with E-state index < -0.39 is 0 Å². The second kappa shape index (κ2) is 6.40. The van der Waals surface area contributed by atoms with E-state index >= 15 is 0 Å². The van der Waals surface area contributed by atoms with Gasteiger partial charge in [0, 0.05) is 12.1 Å². The van der Waals surface area contributed by atoms with Gasteiger partial charge in [-0.2, -0.15) is 0 Å². The number of carbonyl (C=O) groups excluding carboxylic acids is 1. The van der Waals surface area contributed by atoms with Crippen LogP contribution in [0.4, 0.5) is 0 Å². The van der Waals surface area contributed by atoms with Crippen LogP contribution in [0.1, 0.15) is 27.9 Å². The van der Waals surface area contributed by atoms with Crippen LogP contribution in [0, 0.1) is 13.8 Å². The third kappa shape index (κ3) is 4.57. The second-order valence-electron chi connectivity index (χ2n) is 4.73. The average Bonchev–Trinajstić information content (AvgIpc) is 2.27. The lowest BCUT2D eigenvalue weighted by Gasteiger charge is -2.11. The minimum atomic E-state index is 0.0324. The lowest BCUT2D eigenvalue weighted by Crippen LogP contribution is -2.27. The number of carbonyl (C=O) groups is 1. The van der Waals surface area contributed by atoms with Crippen molar-refractivity contribution in [2.24, 2.45) is 0 Å². The van der Waals surface area contributed by atoms with Crippen molar-refractivity contribution in [3.63, 3.8) is 0 Å². The molecule has 0 spiro atoms. The van der Waals surface area contributed by atoms with Crippen LogP contribution in [0.5, 0.6) is 0 Å². The number of nitrogens with one attached hydrogen (secondary N) is 1. The molecule has 0 aliphatic heterocycles. The zero-order valence-corrected chi connectivity index (χ0v) is 11.2. The fourth-order valence-corrected chi connectivity index (χ4v) is 1.67. The number of rotatable bonds is 5. The minimum Gasteiger partial charge on any atom is -0.352 e. The monoisotopic (exact) mass is 234 g/mol. The van der Waals surface area contributed by atoms with E-state index in [4.69, 9.17) is 0 Å². The largest absolute Gasteiger partial charge is 0.352 e. The Morgan fingerprint density at radius 1 is 1.29 bits per heavy atom. The maximum absolute atomic E-state index is 11.9. The van der Waals surface area contributed by atoms with Gasteiger partial charge in [0.1, 0.15) is 0 Å². The Labute approximate surface area is 104 Å². The van der Waals surface area contributed by atoms with E-state index in [-0.39, 0.29) is 5.91 Å². The van der Waals surface area contributed by atoms with Gasteiger partial charge in [0.15, 0.2) is 0 Å². The Bertz CT molecular complexity index is 386. The first-order valence-corrected chi connectivity index (χ1v) is 6.01. The summed E-state index contributed by atoms with van der Waals surface area (Å²) in [6.45, 7) is 5.69. The van der Waals surface area contributed by atoms with Gasteiger partial charge in [-0.1, -0.05) is 17.7 Å². The van der Waals surface area contributed by atoms with E-state index in [1.165, 1.54) is 0 Å². The molecule has 0 aromatic heterocycles. The van der Waals surface area contributed by atoms with E-state index in [1.807, 2.05) is 46.1 Å². The second-order valence-corrected chi connectivity index (χ2v) is 4.73. The summed E-state index contributed by atoms with van der Waals surface area (Å²) in [6, 6.07) is 5.96. The summed E-state index contributed by atoms with van der Waals surface area (Å²) in [5.41, 5.74) is 2.93. The van der Waals surface area contributed by atoms with E-state index in [9.17, 15) is 4.79 Å². The Kier molecular flexibility index (Phi) is 5.16. The fraction of sp³-hybridized carbons (Fsp3) is 0.500. The molecule has 0 atom stereocenters. The third-order valence-electron chi connectivity index (χ3n) is 2.71. The Morgan fingerprint density at radius 3 is 2.65 bits per heavy atom. The maximum atomic E-state index is 11.9. The molecule has 17 heavy (non-hydrogen) atoms. The fourth-order valence-electron chi connectivity index (χ4n) is 1.67. The maximum Gasteiger partial charge on any atom is 0.251 e. The first kappa shape index (κ1) is 13.7. The van der Waals surface area contributed by atoms with Crippen LogP contribution < -0.4 is 5.32 Å². The van der Waals surface area contributed by atoms with Crippen LogP contribution in [0.3, 0.4) is 0 Å². The quantitative estimate of drug-likeness (QED) is 0.790. The molecule has 94 valence electrons. The summed E-state index contributed by atoms with van der Waals surface area (Å²) in [6.07, 6.45) is 0.976. The number of benzene rings is 1. The van der Waals surface area contributed by atoms with Gasteiger partial charge < -0.3 is 10.2 Å². The van der Waals surface area contributed by atoms with Gasteiger partial charge in [-0.15, -0.1) is 0 Å². The normalized spacial score (nSPS) is 10.6. The van der Waals surface area contributed by atoms with Gasteiger partial charge in [-0.05, 0) is 52.5 Å². The van der Waals surface area contributed by atoms with E-state index in [1.54, 1.807) is 0 Å². The molecule has 0 aliphatic carbocycles. The van der Waals surface area contributed by atoms with E-state index in [2.05, 4.69) is 10.2 Å². The number of aryl methyl sites for hydroxylation is 2. The van der Waals surface area contributed by atoms with Crippen molar-refractivity contribution in [2.75, 3.05) is 27.2 Å². The smallest absolute Gasteiger partial charge is 0.251 e.